The van der Waals surface area contributed by atoms with Crippen LogP contribution in [0.25, 0.3) is 0 Å². The van der Waals surface area contributed by atoms with Gasteiger partial charge in [0.15, 0.2) is 24.0 Å². The first-order valence-corrected chi connectivity index (χ1v) is 6.59. The molecule has 0 saturated carbocycles. The van der Waals surface area contributed by atoms with Crippen molar-refractivity contribution in [2.45, 2.75) is 4.90 Å². The van der Waals surface area contributed by atoms with Crippen LogP contribution in [0.2, 0.25) is 0 Å². The number of carbonyl (C=O) groups is 1. The number of halogens is 2. The van der Waals surface area contributed by atoms with Gasteiger partial charge in [-0.05, 0) is 12.1 Å². The number of nitrogens with zero attached hydrogens (tertiary/aromatic N) is 1. The maximum Gasteiger partial charge on any atom is 0.259 e. The molecule has 0 aliphatic carbocycles. The highest BCUT2D eigenvalue weighted by atomic mass is 32.2. The standard InChI is InChI=1S/C12H16F2N2O2S/c1-16(2)11(17)7-18-12-9(13)5-8(6-10(12)14)19-4-3-15/h5-6H,3-4,7,15H2,1-2H3. The molecule has 0 fully saturated rings. The van der Waals surface area contributed by atoms with Crippen molar-refractivity contribution in [3.63, 3.8) is 0 Å². The molecule has 0 heterocycles. The lowest BCUT2D eigenvalue weighted by molar-refractivity contribution is -0.130. The topological polar surface area (TPSA) is 55.6 Å². The number of rotatable bonds is 6. The number of hydrogen-bond donors (Lipinski definition) is 1. The Morgan fingerprint density at radius 3 is 2.42 bits per heavy atom. The number of benzene rings is 1. The molecule has 0 atom stereocenters. The van der Waals surface area contributed by atoms with E-state index < -0.39 is 24.0 Å². The average molecular weight is 290 g/mol. The lowest BCUT2D eigenvalue weighted by Gasteiger charge is -2.13. The Bertz CT molecular complexity index is 432. The number of thioether (sulfide) groups is 1. The second-order valence-corrected chi connectivity index (χ2v) is 5.10. The molecular formula is C12H16F2N2O2S. The summed E-state index contributed by atoms with van der Waals surface area (Å²) in [5.74, 6) is -2.00. The van der Waals surface area contributed by atoms with Crippen molar-refractivity contribution in [3.05, 3.63) is 23.8 Å². The van der Waals surface area contributed by atoms with Crippen molar-refractivity contribution >= 4 is 17.7 Å². The van der Waals surface area contributed by atoms with E-state index in [1.807, 2.05) is 0 Å². The lowest BCUT2D eigenvalue weighted by Crippen LogP contribution is -2.27. The first kappa shape index (κ1) is 15.7. The minimum Gasteiger partial charge on any atom is -0.478 e. The maximum atomic E-state index is 13.7. The fourth-order valence-electron chi connectivity index (χ4n) is 1.20. The van der Waals surface area contributed by atoms with E-state index in [9.17, 15) is 13.6 Å². The molecule has 7 heteroatoms. The smallest absolute Gasteiger partial charge is 0.259 e. The monoisotopic (exact) mass is 290 g/mol. The van der Waals surface area contributed by atoms with Crippen molar-refractivity contribution in [3.8, 4) is 5.75 Å². The average Bonchev–Trinajstić information content (AvgIpc) is 2.34. The summed E-state index contributed by atoms with van der Waals surface area (Å²) in [7, 11) is 3.07. The van der Waals surface area contributed by atoms with Crippen LogP contribution in [0.5, 0.6) is 5.75 Å². The molecule has 1 amide bonds. The van der Waals surface area contributed by atoms with Gasteiger partial charge in [-0.15, -0.1) is 11.8 Å². The van der Waals surface area contributed by atoms with Crippen molar-refractivity contribution in [1.82, 2.24) is 4.90 Å². The first-order valence-electron chi connectivity index (χ1n) is 5.60. The van der Waals surface area contributed by atoms with Gasteiger partial charge < -0.3 is 15.4 Å². The summed E-state index contributed by atoms with van der Waals surface area (Å²) < 4.78 is 32.2. The van der Waals surface area contributed by atoms with Crippen LogP contribution in [0.4, 0.5) is 8.78 Å². The van der Waals surface area contributed by atoms with E-state index in [1.54, 1.807) is 0 Å². The van der Waals surface area contributed by atoms with E-state index in [4.69, 9.17) is 10.5 Å². The van der Waals surface area contributed by atoms with Crippen LogP contribution in [0, 0.1) is 11.6 Å². The predicted molar refractivity (Wildman–Crippen MR) is 70.3 cm³/mol. The molecule has 0 aliphatic rings. The van der Waals surface area contributed by atoms with Gasteiger partial charge in [-0.3, -0.25) is 4.79 Å². The Balaban J connectivity index is 2.76. The van der Waals surface area contributed by atoms with E-state index in [-0.39, 0.29) is 5.91 Å². The Labute approximate surface area is 114 Å². The van der Waals surface area contributed by atoms with Gasteiger partial charge in [0, 0.05) is 31.3 Å². The molecule has 2 N–H and O–H groups in total. The molecule has 0 aromatic heterocycles. The third kappa shape index (κ3) is 4.68. The highest BCUT2D eigenvalue weighted by molar-refractivity contribution is 7.99. The molecule has 0 bridgehead atoms. The molecule has 0 spiro atoms. The van der Waals surface area contributed by atoms with E-state index in [0.717, 1.165) is 0 Å². The minimum absolute atomic E-state index is 0.375. The van der Waals surface area contributed by atoms with Gasteiger partial charge in [-0.25, -0.2) is 8.78 Å². The molecule has 0 unspecified atom stereocenters. The van der Waals surface area contributed by atoms with Crippen LogP contribution in [0.1, 0.15) is 0 Å². The fraction of sp³-hybridized carbons (Fsp3) is 0.417. The molecule has 0 radical (unpaired) electrons. The number of carbonyl (C=O) groups excluding carboxylic acids is 1. The largest absolute Gasteiger partial charge is 0.478 e. The van der Waals surface area contributed by atoms with E-state index in [0.29, 0.717) is 17.2 Å². The number of hydrogen-bond acceptors (Lipinski definition) is 4. The van der Waals surface area contributed by atoms with Gasteiger partial charge in [0.1, 0.15) is 0 Å². The molecular weight excluding hydrogens is 274 g/mol. The van der Waals surface area contributed by atoms with E-state index >= 15 is 0 Å². The van der Waals surface area contributed by atoms with Crippen LogP contribution >= 0.6 is 11.8 Å². The van der Waals surface area contributed by atoms with Gasteiger partial charge in [0.2, 0.25) is 0 Å². The summed E-state index contributed by atoms with van der Waals surface area (Å²) >= 11 is 1.25. The second kappa shape index (κ2) is 7.30. The van der Waals surface area contributed by atoms with Gasteiger partial charge in [-0.2, -0.15) is 0 Å². The number of nitrogens with two attached hydrogens (primary N) is 1. The lowest BCUT2D eigenvalue weighted by atomic mass is 10.3. The van der Waals surface area contributed by atoms with Gasteiger partial charge in [0.25, 0.3) is 5.91 Å². The van der Waals surface area contributed by atoms with E-state index in [1.165, 1.54) is 42.9 Å². The predicted octanol–water partition coefficient (Wildman–Crippen LogP) is 1.48. The number of ether oxygens (including phenoxy) is 1. The zero-order valence-corrected chi connectivity index (χ0v) is 11.6. The highest BCUT2D eigenvalue weighted by Gasteiger charge is 2.15. The SMILES string of the molecule is CN(C)C(=O)COc1c(F)cc(SCCN)cc1F. The summed E-state index contributed by atoms with van der Waals surface area (Å²) in [6, 6.07) is 2.33. The quantitative estimate of drug-likeness (QED) is 0.806. The van der Waals surface area contributed by atoms with Gasteiger partial charge in [-0.1, -0.05) is 0 Å². The van der Waals surface area contributed by atoms with Crippen molar-refractivity contribution < 1.29 is 18.3 Å². The molecule has 19 heavy (non-hydrogen) atoms. The molecule has 1 aromatic rings. The normalized spacial score (nSPS) is 10.4. The summed E-state index contributed by atoms with van der Waals surface area (Å²) in [4.78, 5) is 13.0. The van der Waals surface area contributed by atoms with Crippen molar-refractivity contribution in [2.24, 2.45) is 5.73 Å². The van der Waals surface area contributed by atoms with Gasteiger partial charge >= 0.3 is 0 Å². The summed E-state index contributed by atoms with van der Waals surface area (Å²) in [5, 5.41) is 0. The van der Waals surface area contributed by atoms with Crippen LogP contribution in [-0.2, 0) is 4.79 Å². The Morgan fingerprint density at radius 2 is 1.95 bits per heavy atom. The Hall–Kier alpha value is -1.34. The fourth-order valence-corrected chi connectivity index (χ4v) is 1.92. The van der Waals surface area contributed by atoms with Crippen LogP contribution in [-0.4, -0.2) is 43.8 Å². The van der Waals surface area contributed by atoms with Crippen molar-refractivity contribution in [2.75, 3.05) is 33.0 Å². The zero-order valence-electron chi connectivity index (χ0n) is 10.8. The molecule has 106 valence electrons. The third-order valence-electron chi connectivity index (χ3n) is 2.20. The summed E-state index contributed by atoms with van der Waals surface area (Å²) in [5.41, 5.74) is 5.32. The molecule has 0 aliphatic heterocycles. The van der Waals surface area contributed by atoms with Gasteiger partial charge in [0.05, 0.1) is 0 Å². The molecule has 1 rings (SSSR count). The van der Waals surface area contributed by atoms with Crippen LogP contribution < -0.4 is 10.5 Å². The molecule has 4 nitrogen and oxygen atoms in total. The zero-order chi connectivity index (χ0) is 14.4. The third-order valence-corrected chi connectivity index (χ3v) is 3.21. The summed E-state index contributed by atoms with van der Waals surface area (Å²) in [6.45, 7) is 0.0135. The second-order valence-electron chi connectivity index (χ2n) is 3.93. The van der Waals surface area contributed by atoms with Crippen molar-refractivity contribution in [1.29, 1.82) is 0 Å². The minimum atomic E-state index is -0.828. The van der Waals surface area contributed by atoms with E-state index in [2.05, 4.69) is 0 Å². The first-order chi connectivity index (χ1) is 8.95. The summed E-state index contributed by atoms with van der Waals surface area (Å²) in [6.07, 6.45) is 0. The number of likely N-dealkylation sites (N-methyl/N-ethyl adjacent to an activating group) is 1. The van der Waals surface area contributed by atoms with Crippen LogP contribution in [0.3, 0.4) is 0 Å². The Morgan fingerprint density at radius 1 is 1.37 bits per heavy atom. The molecule has 0 saturated heterocycles. The maximum absolute atomic E-state index is 13.7. The Kier molecular flexibility index (Phi) is 6.04. The molecule has 1 aromatic carbocycles. The highest BCUT2D eigenvalue weighted by Crippen LogP contribution is 2.28. The number of amides is 1. The van der Waals surface area contributed by atoms with Crippen LogP contribution in [0.15, 0.2) is 17.0 Å².